The second-order valence-electron chi connectivity index (χ2n) is 4.57. The van der Waals surface area contributed by atoms with Gasteiger partial charge in [0.2, 0.25) is 0 Å². The van der Waals surface area contributed by atoms with E-state index in [1.54, 1.807) is 7.11 Å². The van der Waals surface area contributed by atoms with E-state index in [4.69, 9.17) is 10.5 Å². The molecule has 0 bridgehead atoms. The molecule has 1 saturated heterocycles. The molecule has 1 aliphatic rings. The normalized spacial score (nSPS) is 25.4. The van der Waals surface area contributed by atoms with Crippen molar-refractivity contribution in [2.75, 3.05) is 33.4 Å². The van der Waals surface area contributed by atoms with E-state index in [1.807, 2.05) is 12.1 Å². The summed E-state index contributed by atoms with van der Waals surface area (Å²) in [6.07, 6.45) is 0. The van der Waals surface area contributed by atoms with Crippen LogP contribution in [0, 0.1) is 5.82 Å². The van der Waals surface area contributed by atoms with E-state index in [9.17, 15) is 4.39 Å². The average molecular weight is 238 g/mol. The van der Waals surface area contributed by atoms with Gasteiger partial charge in [-0.25, -0.2) is 4.39 Å². The van der Waals surface area contributed by atoms with Crippen molar-refractivity contribution in [2.24, 2.45) is 5.73 Å². The third-order valence-electron chi connectivity index (χ3n) is 3.35. The van der Waals surface area contributed by atoms with Crippen LogP contribution in [0.15, 0.2) is 24.3 Å². The van der Waals surface area contributed by atoms with Crippen molar-refractivity contribution < 1.29 is 9.13 Å². The first-order valence-electron chi connectivity index (χ1n) is 5.93. The minimum atomic E-state index is -0.198. The Bertz CT molecular complexity index is 355. The van der Waals surface area contributed by atoms with E-state index >= 15 is 0 Å². The smallest absolute Gasteiger partial charge is 0.123 e. The third-order valence-corrected chi connectivity index (χ3v) is 3.35. The fourth-order valence-electron chi connectivity index (χ4n) is 2.38. The zero-order chi connectivity index (χ0) is 12.3. The van der Waals surface area contributed by atoms with Gasteiger partial charge < -0.3 is 10.5 Å². The fraction of sp³-hybridized carbons (Fsp3) is 0.538. The number of ether oxygens (including phenoxy) is 1. The van der Waals surface area contributed by atoms with Crippen LogP contribution in [0.5, 0.6) is 0 Å². The molecule has 0 radical (unpaired) electrons. The number of likely N-dealkylation sites (tertiary alicyclic amines) is 1. The molecule has 1 aliphatic heterocycles. The number of benzene rings is 1. The summed E-state index contributed by atoms with van der Waals surface area (Å²) in [6, 6.07) is 6.79. The summed E-state index contributed by atoms with van der Waals surface area (Å²) >= 11 is 0. The molecule has 2 N–H and O–H groups in total. The number of nitrogens with zero attached hydrogens (tertiary/aromatic N) is 1. The van der Waals surface area contributed by atoms with Gasteiger partial charge in [-0.15, -0.1) is 0 Å². The molecule has 1 fully saturated rings. The number of halogens is 1. The molecule has 2 atom stereocenters. The molecule has 4 heteroatoms. The lowest BCUT2D eigenvalue weighted by Gasteiger charge is -2.15. The van der Waals surface area contributed by atoms with Gasteiger partial charge in [-0.1, -0.05) is 12.1 Å². The Morgan fingerprint density at radius 1 is 1.35 bits per heavy atom. The lowest BCUT2D eigenvalue weighted by Crippen LogP contribution is -2.30. The van der Waals surface area contributed by atoms with Gasteiger partial charge in [0, 0.05) is 38.7 Å². The summed E-state index contributed by atoms with van der Waals surface area (Å²) in [6.45, 7) is 3.44. The highest BCUT2D eigenvalue weighted by Gasteiger charge is 2.30. The van der Waals surface area contributed by atoms with Crippen LogP contribution in [-0.4, -0.2) is 44.3 Å². The Hall–Kier alpha value is -0.970. The fourth-order valence-corrected chi connectivity index (χ4v) is 2.38. The van der Waals surface area contributed by atoms with Gasteiger partial charge in [-0.2, -0.15) is 0 Å². The van der Waals surface area contributed by atoms with Crippen molar-refractivity contribution >= 4 is 0 Å². The molecule has 0 unspecified atom stereocenters. The van der Waals surface area contributed by atoms with Crippen LogP contribution in [0.1, 0.15) is 11.5 Å². The Labute approximate surface area is 101 Å². The van der Waals surface area contributed by atoms with E-state index in [0.717, 1.165) is 31.8 Å². The highest BCUT2D eigenvalue weighted by Crippen LogP contribution is 2.26. The van der Waals surface area contributed by atoms with Crippen LogP contribution in [0.25, 0.3) is 0 Å². The Morgan fingerprint density at radius 3 is 2.71 bits per heavy atom. The van der Waals surface area contributed by atoms with Crippen LogP contribution < -0.4 is 5.73 Å². The van der Waals surface area contributed by atoms with E-state index in [0.29, 0.717) is 5.92 Å². The predicted octanol–water partition coefficient (Wildman–Crippen LogP) is 1.20. The van der Waals surface area contributed by atoms with Crippen LogP contribution in [0.2, 0.25) is 0 Å². The van der Waals surface area contributed by atoms with Gasteiger partial charge in [0.25, 0.3) is 0 Å². The standard InChI is InChI=1S/C13H19FN2O/c1-17-7-6-16-8-12(13(15)9-16)10-2-4-11(14)5-3-10/h2-5,12-13H,6-9,15H2,1H3/t12-,13+/m1/s1. The summed E-state index contributed by atoms with van der Waals surface area (Å²) < 4.78 is 17.9. The van der Waals surface area contributed by atoms with E-state index < -0.39 is 0 Å². The van der Waals surface area contributed by atoms with Crippen molar-refractivity contribution in [3.8, 4) is 0 Å². The molecule has 1 heterocycles. The largest absolute Gasteiger partial charge is 0.383 e. The second kappa shape index (κ2) is 5.58. The molecule has 17 heavy (non-hydrogen) atoms. The number of methoxy groups -OCH3 is 1. The SMILES string of the molecule is COCCN1C[C@H](c2ccc(F)cc2)[C@@H](N)C1. The van der Waals surface area contributed by atoms with Crippen molar-refractivity contribution in [3.05, 3.63) is 35.6 Å². The maximum atomic E-state index is 12.9. The van der Waals surface area contributed by atoms with E-state index in [-0.39, 0.29) is 11.9 Å². The first-order chi connectivity index (χ1) is 8.20. The molecule has 0 amide bonds. The molecule has 0 aliphatic carbocycles. The molecule has 0 saturated carbocycles. The lowest BCUT2D eigenvalue weighted by molar-refractivity contribution is 0.160. The highest BCUT2D eigenvalue weighted by molar-refractivity contribution is 5.24. The molecule has 0 spiro atoms. The minimum absolute atomic E-state index is 0.123. The Morgan fingerprint density at radius 2 is 2.06 bits per heavy atom. The van der Waals surface area contributed by atoms with Crippen molar-refractivity contribution in [1.29, 1.82) is 0 Å². The van der Waals surface area contributed by atoms with Gasteiger partial charge in [0.1, 0.15) is 5.82 Å². The van der Waals surface area contributed by atoms with E-state index in [1.165, 1.54) is 12.1 Å². The Balaban J connectivity index is 2.00. The number of rotatable bonds is 4. The van der Waals surface area contributed by atoms with Gasteiger partial charge in [0.15, 0.2) is 0 Å². The maximum Gasteiger partial charge on any atom is 0.123 e. The van der Waals surface area contributed by atoms with Crippen LogP contribution >= 0.6 is 0 Å². The summed E-state index contributed by atoms with van der Waals surface area (Å²) in [4.78, 5) is 2.29. The number of hydrogen-bond acceptors (Lipinski definition) is 3. The molecule has 0 aromatic heterocycles. The maximum absolute atomic E-state index is 12.9. The quantitative estimate of drug-likeness (QED) is 0.856. The molecule has 94 valence electrons. The van der Waals surface area contributed by atoms with Crippen molar-refractivity contribution in [3.63, 3.8) is 0 Å². The second-order valence-corrected chi connectivity index (χ2v) is 4.57. The first-order valence-corrected chi connectivity index (χ1v) is 5.93. The van der Waals surface area contributed by atoms with Crippen LogP contribution in [0.4, 0.5) is 4.39 Å². The lowest BCUT2D eigenvalue weighted by atomic mass is 9.95. The van der Waals surface area contributed by atoms with Crippen LogP contribution in [0.3, 0.4) is 0 Å². The van der Waals surface area contributed by atoms with Crippen molar-refractivity contribution in [1.82, 2.24) is 4.90 Å². The van der Waals surface area contributed by atoms with Crippen LogP contribution in [-0.2, 0) is 4.74 Å². The number of nitrogens with two attached hydrogens (primary N) is 1. The molecule has 2 rings (SSSR count). The van der Waals surface area contributed by atoms with Gasteiger partial charge in [0.05, 0.1) is 6.61 Å². The summed E-state index contributed by atoms with van der Waals surface area (Å²) in [7, 11) is 1.70. The topological polar surface area (TPSA) is 38.5 Å². The van der Waals surface area contributed by atoms with Gasteiger partial charge >= 0.3 is 0 Å². The zero-order valence-electron chi connectivity index (χ0n) is 10.1. The monoisotopic (exact) mass is 238 g/mol. The molecular formula is C13H19FN2O. The van der Waals surface area contributed by atoms with Gasteiger partial charge in [-0.05, 0) is 17.7 Å². The third kappa shape index (κ3) is 3.03. The molecular weight excluding hydrogens is 219 g/mol. The van der Waals surface area contributed by atoms with E-state index in [2.05, 4.69) is 4.90 Å². The Kier molecular flexibility index (Phi) is 4.10. The predicted molar refractivity (Wildman–Crippen MR) is 65.4 cm³/mol. The summed E-state index contributed by atoms with van der Waals surface area (Å²) in [5, 5.41) is 0. The summed E-state index contributed by atoms with van der Waals surface area (Å²) in [5.74, 6) is 0.101. The minimum Gasteiger partial charge on any atom is -0.383 e. The average Bonchev–Trinajstić information content (AvgIpc) is 2.69. The number of hydrogen-bond donors (Lipinski definition) is 1. The highest BCUT2D eigenvalue weighted by atomic mass is 19.1. The van der Waals surface area contributed by atoms with Crippen molar-refractivity contribution in [2.45, 2.75) is 12.0 Å². The summed E-state index contributed by atoms with van der Waals surface area (Å²) in [5.41, 5.74) is 7.26. The first kappa shape index (κ1) is 12.5. The van der Waals surface area contributed by atoms with Gasteiger partial charge in [-0.3, -0.25) is 4.90 Å². The molecule has 1 aromatic carbocycles. The molecule has 1 aromatic rings. The zero-order valence-corrected chi connectivity index (χ0v) is 10.1. The molecule has 3 nitrogen and oxygen atoms in total.